The molecule has 4 N–H and O–H groups in total. The van der Waals surface area contributed by atoms with Gasteiger partial charge >= 0.3 is 17.9 Å². The molecule has 0 aliphatic carbocycles. The fourth-order valence-corrected chi connectivity index (χ4v) is 2.31. The summed E-state index contributed by atoms with van der Waals surface area (Å²) in [6, 6.07) is 12.2. The molecule has 8 nitrogen and oxygen atoms in total. The van der Waals surface area contributed by atoms with Crippen molar-refractivity contribution in [1.29, 1.82) is 0 Å². The molecule has 0 unspecified atom stereocenters. The maximum atomic E-state index is 10.9. The number of hydrogen-bond acceptors (Lipinski definition) is 5. The van der Waals surface area contributed by atoms with E-state index in [1.165, 1.54) is 30.5 Å². The molecule has 0 aromatic heterocycles. The van der Waals surface area contributed by atoms with Gasteiger partial charge in [-0.1, -0.05) is 6.08 Å². The fourth-order valence-electron chi connectivity index (χ4n) is 2.31. The minimum Gasteiger partial charge on any atom is -0.481 e. The lowest BCUT2D eigenvalue weighted by Gasteiger charge is -2.01. The van der Waals surface area contributed by atoms with Crippen LogP contribution in [0.3, 0.4) is 0 Å². The molecule has 0 amide bonds. The summed E-state index contributed by atoms with van der Waals surface area (Å²) < 4.78 is 0. The molecule has 0 spiro atoms. The lowest BCUT2D eigenvalue weighted by Crippen LogP contribution is -1.97. The standard InChI is InChI=1S/C22H20N2O6.BrH/c25-20(26)12-3-15(14-24-19-10-6-17(7-11-19)22(29)30)2-1-13-23-18-8-4-16(5-9-18)21(27)28;/h1-2,4-11,13-14,23H,3,12H2,(H,25,26)(H,27,28)(H,29,30);1H. The smallest absolute Gasteiger partial charge is 0.335 e. The van der Waals surface area contributed by atoms with E-state index >= 15 is 0 Å². The van der Waals surface area contributed by atoms with E-state index in [4.69, 9.17) is 15.3 Å². The number of halogens is 1. The summed E-state index contributed by atoms with van der Waals surface area (Å²) in [7, 11) is 0. The molecule has 2 rings (SSSR count). The molecule has 0 saturated heterocycles. The summed E-state index contributed by atoms with van der Waals surface area (Å²) in [6.07, 6.45) is 6.76. The number of carboxylic acids is 3. The van der Waals surface area contributed by atoms with Gasteiger partial charge in [-0.05, 0) is 66.6 Å². The third-order valence-corrected chi connectivity index (χ3v) is 3.91. The van der Waals surface area contributed by atoms with Gasteiger partial charge < -0.3 is 20.6 Å². The summed E-state index contributed by atoms with van der Waals surface area (Å²) in [5.41, 5.74) is 2.25. The van der Waals surface area contributed by atoms with Gasteiger partial charge in [-0.2, -0.15) is 0 Å². The Labute approximate surface area is 189 Å². The predicted octanol–water partition coefficient (Wildman–Crippen LogP) is 4.78. The molecule has 2 aromatic rings. The first-order valence-electron chi connectivity index (χ1n) is 8.90. The number of carboxylic acid groups (broad SMARTS) is 3. The molecule has 2 aromatic carbocycles. The van der Waals surface area contributed by atoms with Crippen molar-refractivity contribution >= 4 is 52.5 Å². The van der Waals surface area contributed by atoms with Gasteiger partial charge in [0.25, 0.3) is 0 Å². The molecule has 0 aliphatic heterocycles. The summed E-state index contributed by atoms with van der Waals surface area (Å²) in [4.78, 5) is 36.9. The van der Waals surface area contributed by atoms with Gasteiger partial charge in [-0.25, -0.2) is 9.59 Å². The maximum Gasteiger partial charge on any atom is 0.335 e. The van der Waals surface area contributed by atoms with Crippen LogP contribution in [0.2, 0.25) is 0 Å². The Bertz CT molecular complexity index is 996. The van der Waals surface area contributed by atoms with Gasteiger partial charge in [-0.3, -0.25) is 9.79 Å². The highest BCUT2D eigenvalue weighted by Gasteiger charge is 2.03. The quantitative estimate of drug-likeness (QED) is 0.279. The number of benzene rings is 2. The average Bonchev–Trinajstić information content (AvgIpc) is 2.73. The Kier molecular flexibility index (Phi) is 10.4. The maximum absolute atomic E-state index is 10.9. The molecule has 0 atom stereocenters. The zero-order valence-corrected chi connectivity index (χ0v) is 18.0. The van der Waals surface area contributed by atoms with Crippen molar-refractivity contribution in [3.63, 3.8) is 0 Å². The summed E-state index contributed by atoms with van der Waals surface area (Å²) in [6.45, 7) is 0. The number of nitrogens with one attached hydrogen (secondary N) is 1. The normalized spacial score (nSPS) is 11.3. The molecule has 0 saturated carbocycles. The highest BCUT2D eigenvalue weighted by Crippen LogP contribution is 2.14. The number of rotatable bonds is 10. The molecule has 0 heterocycles. The summed E-state index contributed by atoms with van der Waals surface area (Å²) in [5, 5.41) is 29.7. The van der Waals surface area contributed by atoms with Gasteiger partial charge in [0.05, 0.1) is 16.8 Å². The first kappa shape index (κ1) is 25.3. The van der Waals surface area contributed by atoms with Crippen LogP contribution >= 0.6 is 17.0 Å². The van der Waals surface area contributed by atoms with Crippen LogP contribution < -0.4 is 5.32 Å². The zero-order valence-electron chi connectivity index (χ0n) is 16.3. The summed E-state index contributed by atoms with van der Waals surface area (Å²) >= 11 is 0. The van der Waals surface area contributed by atoms with Gasteiger partial charge in [-0.15, -0.1) is 17.0 Å². The topological polar surface area (TPSA) is 136 Å². The van der Waals surface area contributed by atoms with E-state index in [1.54, 1.807) is 42.6 Å². The van der Waals surface area contributed by atoms with Crippen LogP contribution in [0.15, 0.2) is 77.4 Å². The fraction of sp³-hybridized carbons (Fsp3) is 0.0909. The van der Waals surface area contributed by atoms with Crippen molar-refractivity contribution < 1.29 is 29.7 Å². The number of aliphatic carboxylic acids is 1. The number of anilines is 1. The molecule has 0 fully saturated rings. The van der Waals surface area contributed by atoms with Gasteiger partial charge in [0.15, 0.2) is 0 Å². The van der Waals surface area contributed by atoms with Gasteiger partial charge in [0.2, 0.25) is 0 Å². The zero-order chi connectivity index (χ0) is 21.9. The Hall–Kier alpha value is -3.72. The largest absolute Gasteiger partial charge is 0.481 e. The van der Waals surface area contributed by atoms with E-state index in [2.05, 4.69) is 10.3 Å². The van der Waals surface area contributed by atoms with Crippen molar-refractivity contribution in [2.24, 2.45) is 4.99 Å². The van der Waals surface area contributed by atoms with Crippen molar-refractivity contribution in [2.45, 2.75) is 12.8 Å². The highest BCUT2D eigenvalue weighted by molar-refractivity contribution is 8.93. The second kappa shape index (κ2) is 12.8. The van der Waals surface area contributed by atoms with E-state index in [0.717, 1.165) is 0 Å². The Morgan fingerprint density at radius 1 is 0.839 bits per heavy atom. The van der Waals surface area contributed by atoms with E-state index in [1.807, 2.05) is 0 Å². The van der Waals surface area contributed by atoms with E-state index in [0.29, 0.717) is 16.9 Å². The van der Waals surface area contributed by atoms with Gasteiger partial charge in [0, 0.05) is 24.5 Å². The second-order valence-electron chi connectivity index (χ2n) is 6.13. The van der Waals surface area contributed by atoms with Crippen LogP contribution in [0.4, 0.5) is 11.4 Å². The third kappa shape index (κ3) is 9.09. The number of aromatic carboxylic acids is 2. The van der Waals surface area contributed by atoms with E-state index < -0.39 is 17.9 Å². The van der Waals surface area contributed by atoms with Crippen LogP contribution in [-0.4, -0.2) is 39.4 Å². The predicted molar refractivity (Wildman–Crippen MR) is 123 cm³/mol. The average molecular weight is 489 g/mol. The molecular weight excluding hydrogens is 468 g/mol. The van der Waals surface area contributed by atoms with Crippen LogP contribution in [0.5, 0.6) is 0 Å². The van der Waals surface area contributed by atoms with Crippen molar-refractivity contribution in [3.8, 4) is 0 Å². The minimum absolute atomic E-state index is 0. The number of allylic oxidation sites excluding steroid dienone is 3. The molecule has 0 radical (unpaired) electrons. The highest BCUT2D eigenvalue weighted by atomic mass is 79.9. The lowest BCUT2D eigenvalue weighted by molar-refractivity contribution is -0.136. The Morgan fingerprint density at radius 2 is 1.39 bits per heavy atom. The van der Waals surface area contributed by atoms with Crippen molar-refractivity contribution in [1.82, 2.24) is 0 Å². The number of hydrogen-bond donors (Lipinski definition) is 4. The molecular formula is C22H21BrN2O6. The Morgan fingerprint density at radius 3 is 1.90 bits per heavy atom. The first-order chi connectivity index (χ1) is 14.3. The molecule has 0 aliphatic rings. The first-order valence-corrected chi connectivity index (χ1v) is 8.90. The monoisotopic (exact) mass is 488 g/mol. The van der Waals surface area contributed by atoms with E-state index in [-0.39, 0.29) is 40.9 Å². The van der Waals surface area contributed by atoms with Crippen LogP contribution in [0, 0.1) is 0 Å². The minimum atomic E-state index is -1.03. The number of nitrogens with zero attached hydrogens (tertiary/aromatic N) is 1. The SMILES string of the molecule is Br.O=C(O)CCC(C=Nc1ccc(C(=O)O)cc1)=CC=CNc1ccc(C(=O)O)cc1. The second-order valence-corrected chi connectivity index (χ2v) is 6.13. The van der Waals surface area contributed by atoms with Crippen molar-refractivity contribution in [2.75, 3.05) is 5.32 Å². The third-order valence-electron chi connectivity index (χ3n) is 3.91. The summed E-state index contributed by atoms with van der Waals surface area (Å²) in [5.74, 6) is -2.96. The van der Waals surface area contributed by atoms with Gasteiger partial charge in [0.1, 0.15) is 0 Å². The number of carbonyl (C=O) groups is 3. The van der Waals surface area contributed by atoms with Crippen LogP contribution in [0.1, 0.15) is 33.6 Å². The Balaban J connectivity index is 0.00000480. The van der Waals surface area contributed by atoms with Crippen molar-refractivity contribution in [3.05, 3.63) is 83.6 Å². The van der Waals surface area contributed by atoms with Crippen LogP contribution in [-0.2, 0) is 4.79 Å². The lowest BCUT2D eigenvalue weighted by atomic mass is 10.1. The van der Waals surface area contributed by atoms with E-state index in [9.17, 15) is 14.4 Å². The molecule has 162 valence electrons. The van der Waals surface area contributed by atoms with Crippen LogP contribution in [0.25, 0.3) is 0 Å². The molecule has 0 bridgehead atoms. The molecule has 31 heavy (non-hydrogen) atoms. The number of aliphatic imine (C=N–C) groups is 1. The molecule has 9 heteroatoms.